The van der Waals surface area contributed by atoms with Crippen LogP contribution in [0.4, 0.5) is 0 Å². The van der Waals surface area contributed by atoms with E-state index < -0.39 is 0 Å². The minimum absolute atomic E-state index is 0.0323. The Bertz CT molecular complexity index is 591. The molecule has 3 rings (SSSR count). The highest BCUT2D eigenvalue weighted by atomic mass is 35.5. The number of likely N-dealkylation sites (tertiary alicyclic amines) is 1. The standard InChI is InChI=1S/C18H24ClN3O2/c1-14(17(23)21-8-2-3-9-21)20-10-12-22(13-11-20)18(24)15-4-6-16(19)7-5-15/h4-7,14H,2-3,8-13H2,1H3. The van der Waals surface area contributed by atoms with E-state index >= 15 is 0 Å². The summed E-state index contributed by atoms with van der Waals surface area (Å²) < 4.78 is 0. The predicted octanol–water partition coefficient (Wildman–Crippen LogP) is 2.11. The van der Waals surface area contributed by atoms with Gasteiger partial charge in [0.25, 0.3) is 5.91 Å². The molecule has 0 spiro atoms. The minimum atomic E-state index is -0.101. The molecule has 6 heteroatoms. The Morgan fingerprint density at radius 3 is 2.08 bits per heavy atom. The molecule has 5 nitrogen and oxygen atoms in total. The number of carbonyl (C=O) groups excluding carboxylic acids is 2. The van der Waals surface area contributed by atoms with E-state index in [1.54, 1.807) is 24.3 Å². The Kier molecular flexibility index (Phi) is 5.41. The first kappa shape index (κ1) is 17.2. The van der Waals surface area contributed by atoms with Crippen LogP contribution in [0, 0.1) is 0 Å². The molecule has 1 aromatic carbocycles. The van der Waals surface area contributed by atoms with Gasteiger partial charge in [-0.1, -0.05) is 11.6 Å². The number of halogens is 1. The lowest BCUT2D eigenvalue weighted by atomic mass is 10.1. The van der Waals surface area contributed by atoms with Crippen LogP contribution in [0.25, 0.3) is 0 Å². The third-order valence-electron chi connectivity index (χ3n) is 5.02. The van der Waals surface area contributed by atoms with Crippen molar-refractivity contribution in [3.05, 3.63) is 34.9 Å². The molecule has 1 aromatic rings. The van der Waals surface area contributed by atoms with Crippen LogP contribution in [-0.2, 0) is 4.79 Å². The number of hydrogen-bond donors (Lipinski definition) is 0. The van der Waals surface area contributed by atoms with Gasteiger partial charge in [-0.3, -0.25) is 14.5 Å². The number of hydrogen-bond acceptors (Lipinski definition) is 3. The van der Waals surface area contributed by atoms with Crippen molar-refractivity contribution in [2.24, 2.45) is 0 Å². The van der Waals surface area contributed by atoms with Gasteiger partial charge in [-0.25, -0.2) is 0 Å². The van der Waals surface area contributed by atoms with Crippen molar-refractivity contribution in [1.82, 2.24) is 14.7 Å². The quantitative estimate of drug-likeness (QED) is 0.839. The molecular weight excluding hydrogens is 326 g/mol. The third-order valence-corrected chi connectivity index (χ3v) is 5.27. The Hall–Kier alpha value is -1.59. The van der Waals surface area contributed by atoms with Crippen molar-refractivity contribution in [3.63, 3.8) is 0 Å². The normalized spacial score (nSPS) is 20.2. The summed E-state index contributed by atoms with van der Waals surface area (Å²) >= 11 is 5.87. The summed E-state index contributed by atoms with van der Waals surface area (Å²) in [5.41, 5.74) is 0.661. The first-order valence-electron chi connectivity index (χ1n) is 8.64. The number of benzene rings is 1. The smallest absolute Gasteiger partial charge is 0.253 e. The zero-order valence-electron chi connectivity index (χ0n) is 14.1. The van der Waals surface area contributed by atoms with E-state index in [-0.39, 0.29) is 17.9 Å². The molecule has 0 N–H and O–H groups in total. The van der Waals surface area contributed by atoms with Crippen molar-refractivity contribution < 1.29 is 9.59 Å². The van der Waals surface area contributed by atoms with E-state index in [2.05, 4.69) is 4.90 Å². The number of nitrogens with zero attached hydrogens (tertiary/aromatic N) is 3. The van der Waals surface area contributed by atoms with Crippen LogP contribution in [0.5, 0.6) is 0 Å². The second-order valence-electron chi connectivity index (χ2n) is 6.54. The number of rotatable bonds is 3. The molecule has 0 radical (unpaired) electrons. The Balaban J connectivity index is 1.54. The summed E-state index contributed by atoms with van der Waals surface area (Å²) in [5.74, 6) is 0.259. The maximum absolute atomic E-state index is 12.5. The second-order valence-corrected chi connectivity index (χ2v) is 6.98. The Morgan fingerprint density at radius 1 is 0.917 bits per heavy atom. The zero-order chi connectivity index (χ0) is 17.1. The summed E-state index contributed by atoms with van der Waals surface area (Å²) in [4.78, 5) is 31.0. The second kappa shape index (κ2) is 7.53. The lowest BCUT2D eigenvalue weighted by molar-refractivity contribution is -0.135. The van der Waals surface area contributed by atoms with Crippen LogP contribution in [0.15, 0.2) is 24.3 Å². The van der Waals surface area contributed by atoms with Gasteiger partial charge < -0.3 is 9.80 Å². The summed E-state index contributed by atoms with van der Waals surface area (Å²) in [5, 5.41) is 0.630. The molecule has 0 aromatic heterocycles. The van der Waals surface area contributed by atoms with Gasteiger partial charge in [-0.05, 0) is 44.0 Å². The van der Waals surface area contributed by atoms with Crippen molar-refractivity contribution >= 4 is 23.4 Å². The van der Waals surface area contributed by atoms with Gasteiger partial charge in [-0.15, -0.1) is 0 Å². The molecule has 2 heterocycles. The predicted molar refractivity (Wildman–Crippen MR) is 94.2 cm³/mol. The van der Waals surface area contributed by atoms with Crippen molar-refractivity contribution in [1.29, 1.82) is 0 Å². The van der Waals surface area contributed by atoms with Gasteiger partial charge in [0.1, 0.15) is 0 Å². The molecule has 2 saturated heterocycles. The fourth-order valence-electron chi connectivity index (χ4n) is 3.45. The van der Waals surface area contributed by atoms with Gasteiger partial charge in [0.15, 0.2) is 0 Å². The van der Waals surface area contributed by atoms with Crippen LogP contribution in [0.2, 0.25) is 5.02 Å². The molecule has 24 heavy (non-hydrogen) atoms. The number of carbonyl (C=O) groups is 2. The van der Waals surface area contributed by atoms with E-state index in [9.17, 15) is 9.59 Å². The molecule has 1 unspecified atom stereocenters. The lowest BCUT2D eigenvalue weighted by Crippen LogP contribution is -2.55. The van der Waals surface area contributed by atoms with Crippen molar-refractivity contribution in [2.45, 2.75) is 25.8 Å². The summed E-state index contributed by atoms with van der Waals surface area (Å²) in [7, 11) is 0. The minimum Gasteiger partial charge on any atom is -0.341 e. The highest BCUT2D eigenvalue weighted by molar-refractivity contribution is 6.30. The lowest BCUT2D eigenvalue weighted by Gasteiger charge is -2.38. The highest BCUT2D eigenvalue weighted by Gasteiger charge is 2.31. The summed E-state index contributed by atoms with van der Waals surface area (Å²) in [6.45, 7) is 6.53. The van der Waals surface area contributed by atoms with Gasteiger partial charge in [0, 0.05) is 49.9 Å². The maximum Gasteiger partial charge on any atom is 0.253 e. The average molecular weight is 350 g/mol. The fourth-order valence-corrected chi connectivity index (χ4v) is 3.57. The maximum atomic E-state index is 12.5. The van der Waals surface area contributed by atoms with Crippen LogP contribution < -0.4 is 0 Å². The molecule has 2 fully saturated rings. The van der Waals surface area contributed by atoms with Gasteiger partial charge >= 0.3 is 0 Å². The molecule has 0 saturated carbocycles. The zero-order valence-corrected chi connectivity index (χ0v) is 14.8. The molecule has 2 aliphatic heterocycles. The fraction of sp³-hybridized carbons (Fsp3) is 0.556. The molecule has 2 amide bonds. The van der Waals surface area contributed by atoms with Crippen molar-refractivity contribution in [3.8, 4) is 0 Å². The van der Waals surface area contributed by atoms with Gasteiger partial charge in [0.05, 0.1) is 6.04 Å². The SMILES string of the molecule is CC(C(=O)N1CCCC1)N1CCN(C(=O)c2ccc(Cl)cc2)CC1. The van der Waals surface area contributed by atoms with Gasteiger partial charge in [-0.2, -0.15) is 0 Å². The molecule has 0 bridgehead atoms. The van der Waals surface area contributed by atoms with Crippen LogP contribution in [0.3, 0.4) is 0 Å². The van der Waals surface area contributed by atoms with Crippen LogP contribution >= 0.6 is 11.6 Å². The summed E-state index contributed by atoms with van der Waals surface area (Å²) in [6, 6.07) is 6.90. The van der Waals surface area contributed by atoms with E-state index in [0.29, 0.717) is 23.7 Å². The first-order valence-corrected chi connectivity index (χ1v) is 9.02. The molecule has 1 atom stereocenters. The number of piperazine rings is 1. The molecular formula is C18H24ClN3O2. The van der Waals surface area contributed by atoms with E-state index in [1.807, 2.05) is 16.7 Å². The Morgan fingerprint density at radius 2 is 1.50 bits per heavy atom. The largest absolute Gasteiger partial charge is 0.341 e. The topological polar surface area (TPSA) is 43.9 Å². The average Bonchev–Trinajstić information content (AvgIpc) is 3.15. The first-order chi connectivity index (χ1) is 11.6. The van der Waals surface area contributed by atoms with Crippen LogP contribution in [0.1, 0.15) is 30.1 Å². The third kappa shape index (κ3) is 3.73. The summed E-state index contributed by atoms with van der Waals surface area (Å²) in [6.07, 6.45) is 2.23. The number of amides is 2. The molecule has 0 aliphatic carbocycles. The van der Waals surface area contributed by atoms with E-state index in [0.717, 1.165) is 39.0 Å². The van der Waals surface area contributed by atoms with E-state index in [1.165, 1.54) is 0 Å². The van der Waals surface area contributed by atoms with E-state index in [4.69, 9.17) is 11.6 Å². The highest BCUT2D eigenvalue weighted by Crippen LogP contribution is 2.16. The monoisotopic (exact) mass is 349 g/mol. The van der Waals surface area contributed by atoms with Crippen molar-refractivity contribution in [2.75, 3.05) is 39.3 Å². The molecule has 2 aliphatic rings. The Labute approximate surface area is 148 Å². The van der Waals surface area contributed by atoms with Gasteiger partial charge in [0.2, 0.25) is 5.91 Å². The van der Waals surface area contributed by atoms with Crippen LogP contribution in [-0.4, -0.2) is 71.8 Å². The molecule has 130 valence electrons.